The molecule has 0 aromatic heterocycles. The molecule has 0 spiro atoms. The summed E-state index contributed by atoms with van der Waals surface area (Å²) in [6, 6.07) is 1.37. The fourth-order valence-electron chi connectivity index (χ4n) is 5.02. The van der Waals surface area contributed by atoms with Crippen LogP contribution < -0.4 is 5.32 Å². The average molecular weight is 488 g/mol. The van der Waals surface area contributed by atoms with Crippen molar-refractivity contribution in [1.82, 2.24) is 15.1 Å². The molecule has 0 atom stereocenters. The Kier molecular flexibility index (Phi) is 14.3. The normalized spacial score (nSPS) is 17.9. The van der Waals surface area contributed by atoms with Gasteiger partial charge in [0, 0.05) is 42.9 Å². The molecule has 0 aromatic carbocycles. The van der Waals surface area contributed by atoms with Crippen molar-refractivity contribution in [2.24, 2.45) is 0 Å². The lowest BCUT2D eigenvalue weighted by Gasteiger charge is -2.27. The zero-order valence-electron chi connectivity index (χ0n) is 22.7. The SMILES string of the molecule is C=C(C)C(=O)N(CC)C1CCCC1.C=C(C)C(=O)NC1CCCC1.C=CC(=O)N(C)C1CCCC1. The van der Waals surface area contributed by atoms with Gasteiger partial charge in [0.05, 0.1) is 0 Å². The number of nitrogens with zero attached hydrogens (tertiary/aromatic N) is 2. The van der Waals surface area contributed by atoms with Gasteiger partial charge in [0.2, 0.25) is 17.7 Å². The summed E-state index contributed by atoms with van der Waals surface area (Å²) in [7, 11) is 1.86. The van der Waals surface area contributed by atoms with E-state index in [1.807, 2.05) is 18.9 Å². The molecule has 6 nitrogen and oxygen atoms in total. The molecule has 1 N–H and O–H groups in total. The molecule has 3 aliphatic rings. The fraction of sp³-hybridized carbons (Fsp3) is 0.690. The largest absolute Gasteiger partial charge is 0.350 e. The maximum absolute atomic E-state index is 11.7. The molecule has 0 radical (unpaired) electrons. The Morgan fingerprint density at radius 2 is 1.29 bits per heavy atom. The Balaban J connectivity index is 0.000000264. The second-order valence-electron chi connectivity index (χ2n) is 10.1. The van der Waals surface area contributed by atoms with Crippen molar-refractivity contribution in [3.05, 3.63) is 37.0 Å². The Bertz CT molecular complexity index is 725. The number of nitrogens with one attached hydrogen (secondary N) is 1. The highest BCUT2D eigenvalue weighted by atomic mass is 16.2. The second kappa shape index (κ2) is 16.3. The van der Waals surface area contributed by atoms with Gasteiger partial charge in [-0.2, -0.15) is 0 Å². The minimum absolute atomic E-state index is 0.0110. The summed E-state index contributed by atoms with van der Waals surface area (Å²) in [6.45, 7) is 17.1. The molecule has 0 bridgehead atoms. The lowest BCUT2D eigenvalue weighted by molar-refractivity contribution is -0.129. The minimum Gasteiger partial charge on any atom is -0.350 e. The molecular formula is C29H49N3O3. The first kappa shape index (κ1) is 30.7. The molecule has 198 valence electrons. The predicted molar refractivity (Wildman–Crippen MR) is 145 cm³/mol. The van der Waals surface area contributed by atoms with Crippen LogP contribution >= 0.6 is 0 Å². The van der Waals surface area contributed by atoms with Crippen molar-refractivity contribution in [3.63, 3.8) is 0 Å². The van der Waals surface area contributed by atoms with Crippen molar-refractivity contribution in [1.29, 1.82) is 0 Å². The van der Waals surface area contributed by atoms with Gasteiger partial charge in [0.15, 0.2) is 0 Å². The number of rotatable bonds is 7. The van der Waals surface area contributed by atoms with Crippen LogP contribution in [0, 0.1) is 0 Å². The van der Waals surface area contributed by atoms with E-state index in [-0.39, 0.29) is 17.7 Å². The Morgan fingerprint density at radius 1 is 0.829 bits per heavy atom. The van der Waals surface area contributed by atoms with Crippen LogP contribution in [0.1, 0.15) is 97.8 Å². The number of amides is 3. The van der Waals surface area contributed by atoms with E-state index in [4.69, 9.17) is 0 Å². The highest BCUT2D eigenvalue weighted by molar-refractivity contribution is 5.92. The molecule has 35 heavy (non-hydrogen) atoms. The maximum Gasteiger partial charge on any atom is 0.249 e. The molecule has 0 aliphatic heterocycles. The summed E-state index contributed by atoms with van der Waals surface area (Å²) in [5.74, 6) is 0.197. The Hall–Kier alpha value is -2.37. The van der Waals surface area contributed by atoms with Crippen LogP contribution in [0.3, 0.4) is 0 Å². The van der Waals surface area contributed by atoms with E-state index >= 15 is 0 Å². The van der Waals surface area contributed by atoms with Crippen LogP contribution in [-0.2, 0) is 14.4 Å². The van der Waals surface area contributed by atoms with Gasteiger partial charge in [0.1, 0.15) is 0 Å². The maximum atomic E-state index is 11.7. The molecule has 3 amide bonds. The van der Waals surface area contributed by atoms with E-state index < -0.39 is 0 Å². The Labute approximate surface area is 213 Å². The molecule has 3 aliphatic carbocycles. The molecule has 0 unspecified atom stereocenters. The smallest absolute Gasteiger partial charge is 0.249 e. The van der Waals surface area contributed by atoms with Gasteiger partial charge in [-0.05, 0) is 65.4 Å². The molecular weight excluding hydrogens is 438 g/mol. The standard InChI is InChI=1S/C11H19NO.2C9H15NO/c1-4-12(11(13)9(2)3)10-7-5-6-8-10;1-7(2)9(11)10-8-5-3-4-6-8;1-3-9(11)10(2)8-6-4-5-7-8/h10H,2,4-8H2,1,3H3;8H,1,3-6H2,2H3,(H,10,11);3,8H,1,4-7H2,2H3. The molecule has 0 aromatic rings. The zero-order valence-corrected chi connectivity index (χ0v) is 22.7. The van der Waals surface area contributed by atoms with Gasteiger partial charge in [-0.3, -0.25) is 14.4 Å². The summed E-state index contributed by atoms with van der Waals surface area (Å²) in [4.78, 5) is 37.7. The lowest BCUT2D eigenvalue weighted by Crippen LogP contribution is -2.38. The zero-order chi connectivity index (χ0) is 26.4. The predicted octanol–water partition coefficient (Wildman–Crippen LogP) is 5.55. The Morgan fingerprint density at radius 3 is 1.69 bits per heavy atom. The second-order valence-corrected chi connectivity index (χ2v) is 10.1. The average Bonchev–Trinajstić information content (AvgIpc) is 3.63. The van der Waals surface area contributed by atoms with Crippen molar-refractivity contribution >= 4 is 17.7 Å². The van der Waals surface area contributed by atoms with E-state index in [9.17, 15) is 14.4 Å². The molecule has 0 saturated heterocycles. The third-order valence-corrected chi connectivity index (χ3v) is 7.20. The van der Waals surface area contributed by atoms with Gasteiger partial charge < -0.3 is 15.1 Å². The highest BCUT2D eigenvalue weighted by Gasteiger charge is 2.25. The van der Waals surface area contributed by atoms with Crippen molar-refractivity contribution < 1.29 is 14.4 Å². The molecule has 0 heterocycles. The summed E-state index contributed by atoms with van der Waals surface area (Å²) >= 11 is 0. The topological polar surface area (TPSA) is 69.7 Å². The molecule has 6 heteroatoms. The number of likely N-dealkylation sites (N-methyl/N-ethyl adjacent to an activating group) is 2. The van der Waals surface area contributed by atoms with Crippen LogP contribution in [0.5, 0.6) is 0 Å². The summed E-state index contributed by atoms with van der Waals surface area (Å²) < 4.78 is 0. The van der Waals surface area contributed by atoms with Gasteiger partial charge in [-0.1, -0.05) is 58.3 Å². The van der Waals surface area contributed by atoms with Gasteiger partial charge in [-0.15, -0.1) is 0 Å². The first-order valence-corrected chi connectivity index (χ1v) is 13.4. The first-order valence-electron chi connectivity index (χ1n) is 13.4. The van der Waals surface area contributed by atoms with Gasteiger partial charge >= 0.3 is 0 Å². The third-order valence-electron chi connectivity index (χ3n) is 7.20. The van der Waals surface area contributed by atoms with Gasteiger partial charge in [-0.25, -0.2) is 0 Å². The monoisotopic (exact) mass is 487 g/mol. The van der Waals surface area contributed by atoms with Gasteiger partial charge in [0.25, 0.3) is 0 Å². The van der Waals surface area contributed by atoms with E-state index in [1.54, 1.807) is 18.7 Å². The van der Waals surface area contributed by atoms with Crippen molar-refractivity contribution in [2.45, 2.75) is 116 Å². The van der Waals surface area contributed by atoms with E-state index in [2.05, 4.69) is 25.1 Å². The number of hydrogen-bond donors (Lipinski definition) is 1. The molecule has 3 rings (SSSR count). The number of hydrogen-bond acceptors (Lipinski definition) is 3. The molecule has 3 fully saturated rings. The van der Waals surface area contributed by atoms with Crippen molar-refractivity contribution in [2.75, 3.05) is 13.6 Å². The van der Waals surface area contributed by atoms with E-state index in [1.165, 1.54) is 57.4 Å². The fourth-order valence-corrected chi connectivity index (χ4v) is 5.02. The number of carbonyl (C=O) groups is 3. The first-order chi connectivity index (χ1) is 16.6. The quantitative estimate of drug-likeness (QED) is 0.479. The van der Waals surface area contributed by atoms with Crippen LogP contribution in [-0.4, -0.2) is 59.2 Å². The van der Waals surface area contributed by atoms with E-state index in [0.717, 1.165) is 32.2 Å². The van der Waals surface area contributed by atoms with Crippen LogP contribution in [0.15, 0.2) is 37.0 Å². The van der Waals surface area contributed by atoms with E-state index in [0.29, 0.717) is 29.3 Å². The number of carbonyl (C=O) groups excluding carboxylic acids is 3. The van der Waals surface area contributed by atoms with Crippen LogP contribution in [0.25, 0.3) is 0 Å². The summed E-state index contributed by atoms with van der Waals surface area (Å²) in [6.07, 6.45) is 15.9. The molecule has 3 saturated carbocycles. The summed E-state index contributed by atoms with van der Waals surface area (Å²) in [5.41, 5.74) is 1.27. The van der Waals surface area contributed by atoms with Crippen LogP contribution in [0.4, 0.5) is 0 Å². The highest BCUT2D eigenvalue weighted by Crippen LogP contribution is 2.24. The van der Waals surface area contributed by atoms with Crippen LogP contribution in [0.2, 0.25) is 0 Å². The summed E-state index contributed by atoms with van der Waals surface area (Å²) in [5, 5.41) is 2.94. The lowest BCUT2D eigenvalue weighted by atomic mass is 10.2. The minimum atomic E-state index is 0.0110. The third kappa shape index (κ3) is 10.8. The van der Waals surface area contributed by atoms with Crippen molar-refractivity contribution in [3.8, 4) is 0 Å².